The summed E-state index contributed by atoms with van der Waals surface area (Å²) < 4.78 is 29.4. The summed E-state index contributed by atoms with van der Waals surface area (Å²) in [5.41, 5.74) is 0.805. The van der Waals surface area contributed by atoms with Crippen molar-refractivity contribution in [2.45, 2.75) is 31.7 Å². The van der Waals surface area contributed by atoms with Gasteiger partial charge in [-0.05, 0) is 48.7 Å². The molecule has 0 saturated carbocycles. The lowest BCUT2D eigenvalue weighted by molar-refractivity contribution is -0.119. The van der Waals surface area contributed by atoms with Crippen molar-refractivity contribution in [2.75, 3.05) is 32.4 Å². The summed E-state index contributed by atoms with van der Waals surface area (Å²) in [5.74, 6) is 0.888. The molecule has 0 spiro atoms. The average molecular weight is 477 g/mol. The molecule has 0 aliphatic carbocycles. The summed E-state index contributed by atoms with van der Waals surface area (Å²) in [6, 6.07) is 8.04. The second-order valence-corrected chi connectivity index (χ2v) is 9.27. The quantitative estimate of drug-likeness (QED) is 0.608. The van der Waals surface area contributed by atoms with E-state index in [1.807, 2.05) is 0 Å². The molecule has 9 heteroatoms. The predicted molar refractivity (Wildman–Crippen MR) is 127 cm³/mol. The van der Waals surface area contributed by atoms with E-state index in [0.717, 1.165) is 6.42 Å². The van der Waals surface area contributed by atoms with Crippen molar-refractivity contribution >= 4 is 29.3 Å². The minimum absolute atomic E-state index is 0.166. The highest BCUT2D eigenvalue weighted by Gasteiger charge is 2.42. The van der Waals surface area contributed by atoms with E-state index in [0.29, 0.717) is 40.2 Å². The largest absolute Gasteiger partial charge is 0.493 e. The van der Waals surface area contributed by atoms with Gasteiger partial charge in [-0.3, -0.25) is 9.59 Å². The smallest absolute Gasteiger partial charge is 0.255 e. The highest BCUT2D eigenvalue weighted by molar-refractivity contribution is 8.00. The van der Waals surface area contributed by atoms with Crippen LogP contribution in [0.3, 0.4) is 0 Å². The number of rotatable bonds is 8. The van der Waals surface area contributed by atoms with Gasteiger partial charge < -0.3 is 24.4 Å². The van der Waals surface area contributed by atoms with E-state index in [1.54, 1.807) is 28.8 Å². The number of anilines is 1. The molecule has 1 aliphatic rings. The Morgan fingerprint density at radius 2 is 1.70 bits per heavy atom. The molecule has 1 N–H and O–H groups in total. The number of hydrogen-bond donors (Lipinski definition) is 1. The molecule has 2 aromatic rings. The van der Waals surface area contributed by atoms with Crippen molar-refractivity contribution in [1.29, 1.82) is 0 Å². The van der Waals surface area contributed by atoms with Crippen LogP contribution >= 0.6 is 11.8 Å². The van der Waals surface area contributed by atoms with Gasteiger partial charge >= 0.3 is 0 Å². The topological polar surface area (TPSA) is 77.1 Å². The van der Waals surface area contributed by atoms with Crippen LogP contribution in [0.1, 0.15) is 30.6 Å². The Labute approximate surface area is 197 Å². The van der Waals surface area contributed by atoms with Crippen LogP contribution in [0, 0.1) is 11.7 Å². The standard InChI is InChI=1S/C24H29FN2O5S/c1-14(2)10-21-27(18(13-33-21)23(28)26-17-8-6-16(25)7-9-17)24(29)15-11-19(30-3)22(32-5)20(12-15)31-4/h6-9,11-12,14,18,21H,10,13H2,1-5H3,(H,26,28). The first-order chi connectivity index (χ1) is 15.8. The summed E-state index contributed by atoms with van der Waals surface area (Å²) in [7, 11) is 4.46. The highest BCUT2D eigenvalue weighted by atomic mass is 32.2. The number of benzene rings is 2. The van der Waals surface area contributed by atoms with Crippen molar-refractivity contribution in [3.63, 3.8) is 0 Å². The summed E-state index contributed by atoms with van der Waals surface area (Å²) in [4.78, 5) is 28.5. The zero-order chi connectivity index (χ0) is 24.1. The zero-order valence-corrected chi connectivity index (χ0v) is 20.2. The Morgan fingerprint density at radius 1 is 1.09 bits per heavy atom. The lowest BCUT2D eigenvalue weighted by atomic mass is 10.1. The van der Waals surface area contributed by atoms with Crippen molar-refractivity contribution in [3.8, 4) is 17.2 Å². The van der Waals surface area contributed by atoms with Crippen LogP contribution in [-0.4, -0.2) is 55.2 Å². The number of nitrogens with one attached hydrogen (secondary N) is 1. The van der Waals surface area contributed by atoms with Gasteiger partial charge in [-0.15, -0.1) is 11.8 Å². The second-order valence-electron chi connectivity index (χ2n) is 8.06. The van der Waals surface area contributed by atoms with Gasteiger partial charge in [0.1, 0.15) is 11.9 Å². The van der Waals surface area contributed by atoms with Gasteiger partial charge in [-0.1, -0.05) is 13.8 Å². The van der Waals surface area contributed by atoms with E-state index in [1.165, 1.54) is 45.6 Å². The van der Waals surface area contributed by atoms with Gasteiger partial charge in [0.25, 0.3) is 5.91 Å². The molecule has 0 aromatic heterocycles. The monoisotopic (exact) mass is 476 g/mol. The van der Waals surface area contributed by atoms with E-state index >= 15 is 0 Å². The predicted octanol–water partition coefficient (Wildman–Crippen LogP) is 4.42. The van der Waals surface area contributed by atoms with Crippen molar-refractivity contribution in [2.24, 2.45) is 5.92 Å². The molecule has 2 unspecified atom stereocenters. The maximum absolute atomic E-state index is 13.7. The van der Waals surface area contributed by atoms with Crippen molar-refractivity contribution < 1.29 is 28.2 Å². The third kappa shape index (κ3) is 5.52. The minimum Gasteiger partial charge on any atom is -0.493 e. The maximum atomic E-state index is 13.7. The first-order valence-corrected chi connectivity index (χ1v) is 11.6. The molecule has 178 valence electrons. The fourth-order valence-electron chi connectivity index (χ4n) is 3.74. The van der Waals surface area contributed by atoms with Crippen LogP contribution in [0.15, 0.2) is 36.4 Å². The minimum atomic E-state index is -0.685. The Hall–Kier alpha value is -2.94. The van der Waals surface area contributed by atoms with E-state index < -0.39 is 6.04 Å². The fourth-order valence-corrected chi connectivity index (χ4v) is 5.38. The molecule has 1 saturated heterocycles. The average Bonchev–Trinajstić information content (AvgIpc) is 3.21. The van der Waals surface area contributed by atoms with E-state index in [9.17, 15) is 14.0 Å². The number of hydrogen-bond acceptors (Lipinski definition) is 6. The lowest BCUT2D eigenvalue weighted by Crippen LogP contribution is -2.48. The number of halogens is 1. The van der Waals surface area contributed by atoms with E-state index in [-0.39, 0.29) is 23.0 Å². The summed E-state index contributed by atoms with van der Waals surface area (Å²) >= 11 is 1.58. The van der Waals surface area contributed by atoms with Gasteiger partial charge in [-0.25, -0.2) is 4.39 Å². The molecule has 0 bridgehead atoms. The number of nitrogens with zero attached hydrogens (tertiary/aromatic N) is 1. The van der Waals surface area contributed by atoms with E-state index in [4.69, 9.17) is 14.2 Å². The van der Waals surface area contributed by atoms with Gasteiger partial charge in [-0.2, -0.15) is 0 Å². The number of carbonyl (C=O) groups excluding carboxylic acids is 2. The van der Waals surface area contributed by atoms with Crippen LogP contribution in [0.2, 0.25) is 0 Å². The van der Waals surface area contributed by atoms with Crippen LogP contribution in [0.5, 0.6) is 17.2 Å². The van der Waals surface area contributed by atoms with Crippen LogP contribution in [0.25, 0.3) is 0 Å². The van der Waals surface area contributed by atoms with Gasteiger partial charge in [0.15, 0.2) is 11.5 Å². The summed E-state index contributed by atoms with van der Waals surface area (Å²) in [6.45, 7) is 4.16. The molecule has 1 aliphatic heterocycles. The molecule has 7 nitrogen and oxygen atoms in total. The first-order valence-electron chi connectivity index (χ1n) is 10.6. The highest BCUT2D eigenvalue weighted by Crippen LogP contribution is 2.40. The Kier molecular flexibility index (Phi) is 8.07. The van der Waals surface area contributed by atoms with Crippen LogP contribution in [-0.2, 0) is 4.79 Å². The van der Waals surface area contributed by atoms with Gasteiger partial charge in [0, 0.05) is 17.0 Å². The molecule has 2 amide bonds. The maximum Gasteiger partial charge on any atom is 0.255 e. The lowest BCUT2D eigenvalue weighted by Gasteiger charge is -2.30. The molecule has 33 heavy (non-hydrogen) atoms. The molecule has 3 rings (SSSR count). The summed E-state index contributed by atoms with van der Waals surface area (Å²) in [5, 5.41) is 2.64. The number of ether oxygens (including phenoxy) is 3. The molecule has 1 fully saturated rings. The Balaban J connectivity index is 1.94. The zero-order valence-electron chi connectivity index (χ0n) is 19.4. The van der Waals surface area contributed by atoms with Crippen molar-refractivity contribution in [1.82, 2.24) is 4.90 Å². The summed E-state index contributed by atoms with van der Waals surface area (Å²) in [6.07, 6.45) is 0.737. The third-order valence-electron chi connectivity index (χ3n) is 5.33. The SMILES string of the molecule is COc1cc(C(=O)N2C(CC(C)C)SCC2C(=O)Nc2ccc(F)cc2)cc(OC)c1OC. The van der Waals surface area contributed by atoms with Crippen LogP contribution in [0.4, 0.5) is 10.1 Å². The number of thioether (sulfide) groups is 1. The molecular weight excluding hydrogens is 447 g/mol. The Morgan fingerprint density at radius 3 is 2.21 bits per heavy atom. The Bertz CT molecular complexity index is 974. The van der Waals surface area contributed by atoms with Gasteiger partial charge in [0.05, 0.1) is 26.7 Å². The van der Waals surface area contributed by atoms with Crippen LogP contribution < -0.4 is 19.5 Å². The first kappa shape index (κ1) is 24.7. The van der Waals surface area contributed by atoms with Gasteiger partial charge in [0.2, 0.25) is 11.7 Å². The van der Waals surface area contributed by atoms with Crippen molar-refractivity contribution in [3.05, 3.63) is 47.8 Å². The second kappa shape index (κ2) is 10.8. The van der Waals surface area contributed by atoms with E-state index in [2.05, 4.69) is 19.2 Å². The normalized spacial score (nSPS) is 17.7. The molecule has 2 atom stereocenters. The number of methoxy groups -OCH3 is 3. The molecule has 1 heterocycles. The molecular formula is C24H29FN2O5S. The molecule has 0 radical (unpaired) electrons. The number of carbonyl (C=O) groups is 2. The third-order valence-corrected chi connectivity index (χ3v) is 6.64. The number of amides is 2. The fraction of sp³-hybridized carbons (Fsp3) is 0.417. The molecule has 2 aromatic carbocycles.